The van der Waals surface area contributed by atoms with E-state index in [1.54, 1.807) is 23.3 Å². The Morgan fingerprint density at radius 1 is 1.23 bits per heavy atom. The van der Waals surface area contributed by atoms with E-state index in [1.807, 2.05) is 57.5 Å². The first-order chi connectivity index (χ1) is 14.6. The molecular weight excluding hydrogens is 408 g/mol. The van der Waals surface area contributed by atoms with Crippen LogP contribution in [0.5, 0.6) is 0 Å². The molecule has 7 heteroatoms. The molecule has 0 unspecified atom stereocenters. The minimum absolute atomic E-state index is 0.00305. The zero-order valence-electron chi connectivity index (χ0n) is 19.4. The second kappa shape index (κ2) is 9.49. The van der Waals surface area contributed by atoms with Crippen molar-refractivity contribution < 1.29 is 9.59 Å². The van der Waals surface area contributed by atoms with Gasteiger partial charge in [-0.05, 0) is 44.7 Å². The Hall–Kier alpha value is -2.25. The quantitative estimate of drug-likeness (QED) is 0.711. The lowest BCUT2D eigenvalue weighted by molar-refractivity contribution is -0.142. The molecule has 0 saturated carbocycles. The molecule has 1 saturated heterocycles. The van der Waals surface area contributed by atoms with Crippen LogP contribution in [-0.4, -0.2) is 47.4 Å². The number of rotatable bonds is 6. The highest BCUT2D eigenvalue weighted by atomic mass is 32.1. The molecule has 1 aliphatic heterocycles. The first-order valence-electron chi connectivity index (χ1n) is 10.9. The van der Waals surface area contributed by atoms with Crippen molar-refractivity contribution >= 4 is 23.2 Å². The van der Waals surface area contributed by atoms with Crippen LogP contribution in [0.15, 0.2) is 29.8 Å². The molecule has 3 rings (SSSR count). The highest BCUT2D eigenvalue weighted by Crippen LogP contribution is 2.28. The summed E-state index contributed by atoms with van der Waals surface area (Å²) in [6.07, 6.45) is 1.55. The number of aryl methyl sites for hydroxylation is 1. The molecule has 31 heavy (non-hydrogen) atoms. The summed E-state index contributed by atoms with van der Waals surface area (Å²) in [4.78, 5) is 33.6. The van der Waals surface area contributed by atoms with Crippen LogP contribution in [0.3, 0.4) is 0 Å². The molecule has 168 valence electrons. The zero-order chi connectivity index (χ0) is 22.8. The first kappa shape index (κ1) is 23.4. The number of amides is 2. The van der Waals surface area contributed by atoms with Gasteiger partial charge in [0.1, 0.15) is 6.04 Å². The van der Waals surface area contributed by atoms with Gasteiger partial charge >= 0.3 is 0 Å². The predicted octanol–water partition coefficient (Wildman–Crippen LogP) is 3.92. The zero-order valence-corrected chi connectivity index (χ0v) is 20.2. The summed E-state index contributed by atoms with van der Waals surface area (Å²) in [6, 6.07) is 7.29. The van der Waals surface area contributed by atoms with Crippen molar-refractivity contribution in [3.63, 3.8) is 0 Å². The van der Waals surface area contributed by atoms with Crippen molar-refractivity contribution in [2.24, 2.45) is 5.41 Å². The average molecular weight is 443 g/mol. The molecule has 1 aromatic carbocycles. The highest BCUT2D eigenvalue weighted by molar-refractivity contribution is 7.10. The van der Waals surface area contributed by atoms with Crippen molar-refractivity contribution in [1.82, 2.24) is 20.5 Å². The summed E-state index contributed by atoms with van der Waals surface area (Å²) in [5, 5.41) is 6.26. The maximum Gasteiger partial charge on any atom is 0.243 e. The second-order valence-electron chi connectivity index (χ2n) is 9.39. The molecule has 0 bridgehead atoms. The fourth-order valence-corrected chi connectivity index (χ4v) is 4.90. The Morgan fingerprint density at radius 3 is 2.45 bits per heavy atom. The molecular formula is C24H34N4O2S. The first-order valence-corrected chi connectivity index (χ1v) is 11.8. The Balaban J connectivity index is 1.67. The Labute approximate surface area is 189 Å². The van der Waals surface area contributed by atoms with Crippen molar-refractivity contribution in [2.75, 3.05) is 13.6 Å². The van der Waals surface area contributed by atoms with Crippen LogP contribution in [0, 0.1) is 12.3 Å². The maximum absolute atomic E-state index is 13.1. The topological polar surface area (TPSA) is 74.3 Å². The van der Waals surface area contributed by atoms with Gasteiger partial charge in [0.15, 0.2) is 0 Å². The third-order valence-corrected chi connectivity index (χ3v) is 6.79. The van der Waals surface area contributed by atoms with Gasteiger partial charge < -0.3 is 15.5 Å². The number of hydrogen-bond acceptors (Lipinski definition) is 5. The van der Waals surface area contributed by atoms with Crippen molar-refractivity contribution in [2.45, 2.75) is 65.6 Å². The van der Waals surface area contributed by atoms with Crippen LogP contribution in [-0.2, 0) is 9.59 Å². The number of likely N-dealkylation sites (N-methyl/N-ethyl adjacent to an activating group) is 1. The summed E-state index contributed by atoms with van der Waals surface area (Å²) in [5.74, 6) is -0.0789. The normalized spacial score (nSPS) is 18.6. The number of carbonyl (C=O) groups is 2. The van der Waals surface area contributed by atoms with E-state index in [-0.39, 0.29) is 29.3 Å². The highest BCUT2D eigenvalue weighted by Gasteiger charge is 2.40. The molecule has 2 N–H and O–H groups in total. The number of thiazole rings is 1. The molecule has 0 spiro atoms. The van der Waals surface area contributed by atoms with Crippen molar-refractivity contribution in [1.29, 1.82) is 0 Å². The summed E-state index contributed by atoms with van der Waals surface area (Å²) in [5.41, 5.74) is 4.75. The molecule has 2 aromatic rings. The lowest BCUT2D eigenvalue weighted by atomic mass is 9.86. The van der Waals surface area contributed by atoms with E-state index < -0.39 is 6.04 Å². The van der Waals surface area contributed by atoms with Gasteiger partial charge in [-0.15, -0.1) is 11.3 Å². The largest absolute Gasteiger partial charge is 0.348 e. The van der Waals surface area contributed by atoms with E-state index in [0.717, 1.165) is 23.2 Å². The van der Waals surface area contributed by atoms with Crippen LogP contribution >= 0.6 is 11.3 Å². The smallest absolute Gasteiger partial charge is 0.243 e. The fourth-order valence-electron chi connectivity index (χ4n) is 4.30. The number of benzene rings is 1. The monoisotopic (exact) mass is 442 g/mol. The number of carbonyl (C=O) groups excluding carboxylic acids is 2. The van der Waals surface area contributed by atoms with Gasteiger partial charge in [-0.1, -0.05) is 45.0 Å². The molecule has 1 fully saturated rings. The van der Waals surface area contributed by atoms with Gasteiger partial charge in [0.05, 0.1) is 23.3 Å². The third kappa shape index (κ3) is 5.15. The Bertz CT molecular complexity index is 916. The number of aromatic nitrogens is 1. The second-order valence-corrected chi connectivity index (χ2v) is 10.4. The van der Waals surface area contributed by atoms with Crippen LogP contribution in [0.2, 0.25) is 0 Å². The van der Waals surface area contributed by atoms with Crippen molar-refractivity contribution in [3.05, 3.63) is 40.2 Å². The van der Waals surface area contributed by atoms with Crippen LogP contribution in [0.25, 0.3) is 11.3 Å². The lowest BCUT2D eigenvalue weighted by Crippen LogP contribution is -2.55. The number of hydrogen-bond donors (Lipinski definition) is 2. The standard InChI is InChI=1S/C24H34N4O2S/c1-15(17-9-11-18(12-10-17)20-16(2)31-14-26-20)27-22(29)19-8-7-13-28(19)23(30)21(25-6)24(3,4)5/h9-12,14-15,19,21,25H,7-8,13H2,1-6H3,(H,27,29)/t15-,19-,21+/m0/s1. The third-order valence-electron chi connectivity index (χ3n) is 6.03. The lowest BCUT2D eigenvalue weighted by Gasteiger charge is -2.35. The van der Waals surface area contributed by atoms with E-state index >= 15 is 0 Å². The van der Waals surface area contributed by atoms with Gasteiger partial charge in [-0.25, -0.2) is 4.98 Å². The summed E-state index contributed by atoms with van der Waals surface area (Å²) < 4.78 is 0. The van der Waals surface area contributed by atoms with Crippen LogP contribution in [0.1, 0.15) is 57.0 Å². The van der Waals surface area contributed by atoms with Gasteiger partial charge in [-0.2, -0.15) is 0 Å². The van der Waals surface area contributed by atoms with Crippen LogP contribution < -0.4 is 10.6 Å². The predicted molar refractivity (Wildman–Crippen MR) is 126 cm³/mol. The summed E-state index contributed by atoms with van der Waals surface area (Å²) >= 11 is 1.63. The molecule has 3 atom stereocenters. The van der Waals surface area contributed by atoms with Gasteiger partial charge in [0, 0.05) is 17.0 Å². The Morgan fingerprint density at radius 2 is 1.90 bits per heavy atom. The average Bonchev–Trinajstić information content (AvgIpc) is 3.36. The van der Waals surface area contributed by atoms with Crippen molar-refractivity contribution in [3.8, 4) is 11.3 Å². The molecule has 1 aliphatic rings. The van der Waals surface area contributed by atoms with E-state index in [9.17, 15) is 9.59 Å². The van der Waals surface area contributed by atoms with E-state index in [0.29, 0.717) is 13.0 Å². The molecule has 0 aliphatic carbocycles. The Kier molecular flexibility index (Phi) is 7.17. The maximum atomic E-state index is 13.1. The molecule has 2 amide bonds. The van der Waals surface area contributed by atoms with Gasteiger partial charge in [0.2, 0.25) is 11.8 Å². The van der Waals surface area contributed by atoms with Crippen LogP contribution in [0.4, 0.5) is 0 Å². The fraction of sp³-hybridized carbons (Fsp3) is 0.542. The summed E-state index contributed by atoms with van der Waals surface area (Å²) in [7, 11) is 1.80. The van der Waals surface area contributed by atoms with Gasteiger partial charge in [0.25, 0.3) is 0 Å². The molecule has 2 heterocycles. The molecule has 1 aromatic heterocycles. The number of likely N-dealkylation sites (tertiary alicyclic amines) is 1. The number of nitrogens with one attached hydrogen (secondary N) is 2. The number of nitrogens with zero attached hydrogens (tertiary/aromatic N) is 2. The SMILES string of the molecule is CN[C@H](C(=O)N1CCC[C@H]1C(=O)N[C@@H](C)c1ccc(-c2ncsc2C)cc1)C(C)(C)C. The minimum atomic E-state index is -0.412. The minimum Gasteiger partial charge on any atom is -0.348 e. The van der Waals surface area contributed by atoms with E-state index in [1.165, 1.54) is 4.88 Å². The van der Waals surface area contributed by atoms with Gasteiger partial charge in [-0.3, -0.25) is 9.59 Å². The molecule has 6 nitrogen and oxygen atoms in total. The van der Waals surface area contributed by atoms with E-state index in [4.69, 9.17) is 0 Å². The molecule has 0 radical (unpaired) electrons. The summed E-state index contributed by atoms with van der Waals surface area (Å²) in [6.45, 7) is 10.8. The van der Waals surface area contributed by atoms with E-state index in [2.05, 4.69) is 22.5 Å².